The van der Waals surface area contributed by atoms with Gasteiger partial charge in [0.1, 0.15) is 0 Å². The topological polar surface area (TPSA) is 12.0 Å². The number of nitrogens with one attached hydrogen (secondary N) is 1. The SMILES string of the molecule is CCCCCCc1cc(-c2ccccc2)cc2c1NCC2. The number of benzene rings is 2. The van der Waals surface area contributed by atoms with Gasteiger partial charge in [-0.05, 0) is 53.6 Å². The van der Waals surface area contributed by atoms with Crippen LogP contribution in [0.5, 0.6) is 0 Å². The molecular formula is C20H25N. The Morgan fingerprint density at radius 3 is 2.62 bits per heavy atom. The van der Waals surface area contributed by atoms with Gasteiger partial charge in [-0.1, -0.05) is 56.5 Å². The average Bonchev–Trinajstić information content (AvgIpc) is 3.01. The first kappa shape index (κ1) is 14.2. The van der Waals surface area contributed by atoms with Crippen LogP contribution in [0.2, 0.25) is 0 Å². The molecule has 1 heteroatoms. The van der Waals surface area contributed by atoms with Crippen molar-refractivity contribution in [3.8, 4) is 11.1 Å². The Morgan fingerprint density at radius 2 is 1.81 bits per heavy atom. The number of hydrogen-bond donors (Lipinski definition) is 1. The summed E-state index contributed by atoms with van der Waals surface area (Å²) in [5.41, 5.74) is 7.15. The van der Waals surface area contributed by atoms with E-state index in [0.717, 1.165) is 13.0 Å². The van der Waals surface area contributed by atoms with Crippen LogP contribution in [-0.4, -0.2) is 6.54 Å². The van der Waals surface area contributed by atoms with Gasteiger partial charge < -0.3 is 5.32 Å². The zero-order valence-corrected chi connectivity index (χ0v) is 13.0. The molecule has 0 saturated carbocycles. The van der Waals surface area contributed by atoms with Crippen molar-refractivity contribution in [1.82, 2.24) is 0 Å². The maximum absolute atomic E-state index is 3.59. The molecule has 2 aromatic carbocycles. The molecule has 1 aliphatic heterocycles. The Kier molecular flexibility index (Phi) is 4.59. The van der Waals surface area contributed by atoms with E-state index < -0.39 is 0 Å². The number of aryl methyl sites for hydroxylation is 1. The van der Waals surface area contributed by atoms with Gasteiger partial charge >= 0.3 is 0 Å². The molecule has 1 nitrogen and oxygen atoms in total. The highest BCUT2D eigenvalue weighted by Crippen LogP contribution is 2.33. The van der Waals surface area contributed by atoms with Crippen molar-refractivity contribution < 1.29 is 0 Å². The summed E-state index contributed by atoms with van der Waals surface area (Å²) in [5, 5.41) is 3.59. The summed E-state index contributed by atoms with van der Waals surface area (Å²) < 4.78 is 0. The summed E-state index contributed by atoms with van der Waals surface area (Å²) in [4.78, 5) is 0. The second-order valence-electron chi connectivity index (χ2n) is 6.02. The second-order valence-corrected chi connectivity index (χ2v) is 6.02. The fourth-order valence-electron chi connectivity index (χ4n) is 3.25. The number of fused-ring (bicyclic) bond motifs is 1. The van der Waals surface area contributed by atoms with Crippen LogP contribution in [0.4, 0.5) is 5.69 Å². The quantitative estimate of drug-likeness (QED) is 0.694. The van der Waals surface area contributed by atoms with Gasteiger partial charge in [0, 0.05) is 12.2 Å². The van der Waals surface area contributed by atoms with E-state index in [0.29, 0.717) is 0 Å². The lowest BCUT2D eigenvalue weighted by atomic mass is 9.95. The van der Waals surface area contributed by atoms with Crippen molar-refractivity contribution in [1.29, 1.82) is 0 Å². The minimum atomic E-state index is 1.09. The van der Waals surface area contributed by atoms with Gasteiger partial charge in [-0.25, -0.2) is 0 Å². The van der Waals surface area contributed by atoms with Gasteiger partial charge in [0.05, 0.1) is 0 Å². The van der Waals surface area contributed by atoms with E-state index in [1.165, 1.54) is 60.0 Å². The first-order chi connectivity index (χ1) is 10.4. The Morgan fingerprint density at radius 1 is 0.952 bits per heavy atom. The predicted molar refractivity (Wildman–Crippen MR) is 91.9 cm³/mol. The van der Waals surface area contributed by atoms with E-state index in [4.69, 9.17) is 0 Å². The summed E-state index contributed by atoms with van der Waals surface area (Å²) in [6, 6.07) is 15.5. The molecule has 1 heterocycles. The number of anilines is 1. The summed E-state index contributed by atoms with van der Waals surface area (Å²) in [6.07, 6.45) is 7.68. The van der Waals surface area contributed by atoms with E-state index in [1.54, 1.807) is 0 Å². The standard InChI is InChI=1S/C20H25N/c1-2-3-4-6-11-17-14-19(16-9-7-5-8-10-16)15-18-12-13-21-20(17)18/h5,7-10,14-15,21H,2-4,6,11-13H2,1H3. The molecule has 110 valence electrons. The lowest BCUT2D eigenvalue weighted by Crippen LogP contribution is -1.97. The molecule has 0 amide bonds. The van der Waals surface area contributed by atoms with Gasteiger partial charge in [0.25, 0.3) is 0 Å². The summed E-state index contributed by atoms with van der Waals surface area (Å²) in [6.45, 7) is 3.37. The zero-order valence-electron chi connectivity index (χ0n) is 13.0. The molecule has 0 aliphatic carbocycles. The molecule has 0 bridgehead atoms. The monoisotopic (exact) mass is 279 g/mol. The van der Waals surface area contributed by atoms with Crippen LogP contribution in [-0.2, 0) is 12.8 Å². The number of rotatable bonds is 6. The Balaban J connectivity index is 1.86. The molecule has 3 rings (SSSR count). The highest BCUT2D eigenvalue weighted by atomic mass is 14.9. The molecule has 21 heavy (non-hydrogen) atoms. The third-order valence-corrected chi connectivity index (χ3v) is 4.40. The number of hydrogen-bond acceptors (Lipinski definition) is 1. The zero-order chi connectivity index (χ0) is 14.5. The molecule has 1 N–H and O–H groups in total. The van der Waals surface area contributed by atoms with Gasteiger partial charge in [-0.3, -0.25) is 0 Å². The molecule has 0 spiro atoms. The lowest BCUT2D eigenvalue weighted by molar-refractivity contribution is 0.667. The first-order valence-electron chi connectivity index (χ1n) is 8.33. The van der Waals surface area contributed by atoms with Gasteiger partial charge in [-0.15, -0.1) is 0 Å². The van der Waals surface area contributed by atoms with Crippen molar-refractivity contribution in [2.75, 3.05) is 11.9 Å². The van der Waals surface area contributed by atoms with Crippen LogP contribution >= 0.6 is 0 Å². The normalized spacial score (nSPS) is 13.0. The van der Waals surface area contributed by atoms with Crippen LogP contribution < -0.4 is 5.32 Å². The largest absolute Gasteiger partial charge is 0.384 e. The molecule has 2 aromatic rings. The Bertz CT molecular complexity index is 586. The van der Waals surface area contributed by atoms with E-state index in [1.807, 2.05) is 0 Å². The summed E-state index contributed by atoms with van der Waals surface area (Å²) in [5.74, 6) is 0. The minimum Gasteiger partial charge on any atom is -0.384 e. The molecule has 0 atom stereocenters. The molecule has 0 fully saturated rings. The molecule has 0 saturated heterocycles. The minimum absolute atomic E-state index is 1.09. The maximum atomic E-state index is 3.59. The highest BCUT2D eigenvalue weighted by Gasteiger charge is 2.16. The second kappa shape index (κ2) is 6.80. The fraction of sp³-hybridized carbons (Fsp3) is 0.400. The lowest BCUT2D eigenvalue weighted by Gasteiger charge is -2.12. The van der Waals surface area contributed by atoms with E-state index in [2.05, 4.69) is 54.7 Å². The molecular weight excluding hydrogens is 254 g/mol. The van der Waals surface area contributed by atoms with E-state index in [-0.39, 0.29) is 0 Å². The third-order valence-electron chi connectivity index (χ3n) is 4.40. The van der Waals surface area contributed by atoms with Gasteiger partial charge in [0.2, 0.25) is 0 Å². The molecule has 1 aliphatic rings. The average molecular weight is 279 g/mol. The first-order valence-corrected chi connectivity index (χ1v) is 8.33. The molecule has 0 aromatic heterocycles. The van der Waals surface area contributed by atoms with Crippen LogP contribution in [0.15, 0.2) is 42.5 Å². The fourth-order valence-corrected chi connectivity index (χ4v) is 3.25. The van der Waals surface area contributed by atoms with Crippen LogP contribution in [0.1, 0.15) is 43.7 Å². The predicted octanol–water partition coefficient (Wildman–Crippen LogP) is 5.44. The van der Waals surface area contributed by atoms with Crippen molar-refractivity contribution in [2.24, 2.45) is 0 Å². The van der Waals surface area contributed by atoms with Gasteiger partial charge in [-0.2, -0.15) is 0 Å². The summed E-state index contributed by atoms with van der Waals surface area (Å²) in [7, 11) is 0. The van der Waals surface area contributed by atoms with Crippen LogP contribution in [0.3, 0.4) is 0 Å². The third kappa shape index (κ3) is 3.29. The van der Waals surface area contributed by atoms with Gasteiger partial charge in [0.15, 0.2) is 0 Å². The van der Waals surface area contributed by atoms with Crippen LogP contribution in [0, 0.1) is 0 Å². The van der Waals surface area contributed by atoms with Crippen molar-refractivity contribution in [2.45, 2.75) is 45.4 Å². The Labute approximate surface area is 128 Å². The highest BCUT2D eigenvalue weighted by molar-refractivity contribution is 5.73. The molecule has 0 unspecified atom stereocenters. The van der Waals surface area contributed by atoms with Crippen molar-refractivity contribution in [3.05, 3.63) is 53.6 Å². The van der Waals surface area contributed by atoms with Crippen LogP contribution in [0.25, 0.3) is 11.1 Å². The van der Waals surface area contributed by atoms with Crippen molar-refractivity contribution >= 4 is 5.69 Å². The molecule has 0 radical (unpaired) electrons. The maximum Gasteiger partial charge on any atom is 0.0406 e. The smallest absolute Gasteiger partial charge is 0.0406 e. The van der Waals surface area contributed by atoms with E-state index >= 15 is 0 Å². The number of unbranched alkanes of at least 4 members (excludes halogenated alkanes) is 3. The Hall–Kier alpha value is -1.76. The van der Waals surface area contributed by atoms with E-state index in [9.17, 15) is 0 Å². The summed E-state index contributed by atoms with van der Waals surface area (Å²) >= 11 is 0. The van der Waals surface area contributed by atoms with Crippen molar-refractivity contribution in [3.63, 3.8) is 0 Å².